The Bertz CT molecular complexity index is 1020. The van der Waals surface area contributed by atoms with E-state index < -0.39 is 0 Å². The normalized spacial score (nSPS) is 46.3. The Labute approximate surface area is 256 Å². The molecule has 0 aromatic heterocycles. The largest absolute Gasteiger partial charge is 0.456 e. The van der Waals surface area contributed by atoms with Crippen LogP contribution in [0.3, 0.4) is 0 Å². The van der Waals surface area contributed by atoms with E-state index in [1.807, 2.05) is 0 Å². The van der Waals surface area contributed by atoms with E-state index in [0.717, 1.165) is 21.3 Å². The third kappa shape index (κ3) is 5.16. The van der Waals surface area contributed by atoms with Gasteiger partial charge in [-0.2, -0.15) is 0 Å². The number of likely N-dealkylation sites (N-methyl/N-ethyl adjacent to an activating group) is 2. The zero-order valence-corrected chi connectivity index (χ0v) is 27.9. The first-order valence-electron chi connectivity index (χ1n) is 17.9. The lowest BCUT2D eigenvalue weighted by Gasteiger charge is -2.66. The summed E-state index contributed by atoms with van der Waals surface area (Å²) in [5, 5.41) is 0. The van der Waals surface area contributed by atoms with E-state index >= 15 is 0 Å². The zero-order valence-electron chi connectivity index (χ0n) is 27.9. The molecule has 0 N–H and O–H groups in total. The molecule has 0 amide bonds. The Kier molecular flexibility index (Phi) is 8.33. The minimum Gasteiger partial charge on any atom is -0.456 e. The Morgan fingerprint density at radius 1 is 0.667 bits per heavy atom. The van der Waals surface area contributed by atoms with Gasteiger partial charge in [-0.1, -0.05) is 13.8 Å². The van der Waals surface area contributed by atoms with Crippen molar-refractivity contribution >= 4 is 11.9 Å². The smallest absolute Gasteiger partial charge is 0.303 e. The van der Waals surface area contributed by atoms with Crippen molar-refractivity contribution in [3.8, 4) is 0 Å². The number of rotatable bonds is 4. The number of carbonyl (C=O) groups excluding carboxylic acids is 2. The number of ether oxygens (including phenoxy) is 2. The molecule has 2 saturated heterocycles. The van der Waals surface area contributed by atoms with Crippen molar-refractivity contribution in [3.05, 3.63) is 0 Å². The van der Waals surface area contributed by atoms with Gasteiger partial charge in [0.25, 0.3) is 0 Å². The topological polar surface area (TPSA) is 52.6 Å². The second-order valence-corrected chi connectivity index (χ2v) is 17.0. The van der Waals surface area contributed by atoms with E-state index in [1.54, 1.807) is 13.8 Å². The number of quaternary nitrogens is 2. The molecule has 6 heteroatoms. The van der Waals surface area contributed by atoms with Gasteiger partial charge in [-0.15, -0.1) is 0 Å². The summed E-state index contributed by atoms with van der Waals surface area (Å²) in [7, 11) is 4.94. The van der Waals surface area contributed by atoms with E-state index in [4.69, 9.17) is 9.47 Å². The molecule has 10 unspecified atom stereocenters. The molecule has 4 aliphatic carbocycles. The SMILES string of the molecule is CC(=O)OC1CC2CCC3C(CCC4(C)C3CCC([N+]3(C)CCCCC3)C4OC(C)=O)C2(C)CC1[N+]1(C)CCCCC1. The van der Waals surface area contributed by atoms with Crippen molar-refractivity contribution in [1.29, 1.82) is 0 Å². The van der Waals surface area contributed by atoms with Crippen LogP contribution in [0.1, 0.15) is 118 Å². The minimum absolute atomic E-state index is 0.0357. The molecule has 6 fully saturated rings. The minimum atomic E-state index is -0.0994. The third-order valence-electron chi connectivity index (χ3n) is 14.8. The monoisotopic (exact) mass is 586 g/mol. The van der Waals surface area contributed by atoms with Gasteiger partial charge in [-0.3, -0.25) is 9.59 Å². The number of likely N-dealkylation sites (tertiary alicyclic amines) is 2. The highest BCUT2D eigenvalue weighted by atomic mass is 16.5. The van der Waals surface area contributed by atoms with Gasteiger partial charge in [0.05, 0.1) is 40.3 Å². The van der Waals surface area contributed by atoms with Crippen molar-refractivity contribution in [2.24, 2.45) is 34.5 Å². The molecule has 6 aliphatic rings. The molecule has 0 spiro atoms. The molecular formula is C36H62N2O4+2. The first-order valence-corrected chi connectivity index (χ1v) is 17.9. The van der Waals surface area contributed by atoms with Gasteiger partial charge in [0, 0.05) is 32.1 Å². The highest BCUT2D eigenvalue weighted by Crippen LogP contribution is 2.67. The molecule has 6 nitrogen and oxygen atoms in total. The number of carbonyl (C=O) groups is 2. The quantitative estimate of drug-likeness (QED) is 0.279. The Morgan fingerprint density at radius 2 is 1.24 bits per heavy atom. The predicted octanol–water partition coefficient (Wildman–Crippen LogP) is 6.50. The van der Waals surface area contributed by atoms with Gasteiger partial charge in [0.15, 0.2) is 12.2 Å². The number of fused-ring (bicyclic) bond motifs is 5. The number of hydrogen-bond acceptors (Lipinski definition) is 4. The molecule has 0 bridgehead atoms. The average molecular weight is 587 g/mol. The maximum atomic E-state index is 12.6. The molecule has 42 heavy (non-hydrogen) atoms. The zero-order chi connectivity index (χ0) is 29.9. The average Bonchev–Trinajstić information content (AvgIpc) is 2.93. The van der Waals surface area contributed by atoms with Crippen LogP contribution >= 0.6 is 0 Å². The maximum absolute atomic E-state index is 12.6. The summed E-state index contributed by atoms with van der Waals surface area (Å²) in [5.41, 5.74) is 0.362. The van der Waals surface area contributed by atoms with Crippen LogP contribution < -0.4 is 0 Å². The van der Waals surface area contributed by atoms with E-state index in [2.05, 4.69) is 27.9 Å². The molecule has 238 valence electrons. The summed E-state index contributed by atoms with van der Waals surface area (Å²) < 4.78 is 14.8. The summed E-state index contributed by atoms with van der Waals surface area (Å²) >= 11 is 0. The van der Waals surface area contributed by atoms with Crippen molar-refractivity contribution in [3.63, 3.8) is 0 Å². The van der Waals surface area contributed by atoms with Gasteiger partial charge in [-0.25, -0.2) is 0 Å². The number of piperidine rings is 2. The van der Waals surface area contributed by atoms with Gasteiger partial charge >= 0.3 is 11.9 Å². The first-order chi connectivity index (χ1) is 19.9. The van der Waals surface area contributed by atoms with Gasteiger partial charge < -0.3 is 18.4 Å². The van der Waals surface area contributed by atoms with Crippen molar-refractivity contribution in [2.45, 2.75) is 142 Å². The molecule has 6 rings (SSSR count). The van der Waals surface area contributed by atoms with Gasteiger partial charge in [-0.05, 0) is 106 Å². The lowest BCUT2D eigenvalue weighted by atomic mass is 9.42. The van der Waals surface area contributed by atoms with Crippen LogP contribution in [0.15, 0.2) is 0 Å². The fourth-order valence-corrected chi connectivity index (χ4v) is 12.6. The summed E-state index contributed by atoms with van der Waals surface area (Å²) in [4.78, 5) is 24.9. The lowest BCUT2D eigenvalue weighted by Crippen LogP contribution is -2.69. The standard InChI is InChI=1S/C36H62N2O4/c1-25(39)41-33-23-27-13-14-28-29-15-16-31(37(5)19-9-7-10-20-37)34(42-26(2)40)35(29,3)18-17-30(28)36(27,4)24-32(33)38(6)21-11-8-12-22-38/h27-34H,7-24H2,1-6H3/q+2. The third-order valence-corrected chi connectivity index (χ3v) is 14.8. The molecule has 10 atom stereocenters. The second kappa shape index (κ2) is 11.3. The molecule has 2 heterocycles. The van der Waals surface area contributed by atoms with Gasteiger partial charge in [0.2, 0.25) is 0 Å². The number of hydrogen-bond donors (Lipinski definition) is 0. The highest BCUT2D eigenvalue weighted by Gasteiger charge is 2.65. The molecule has 0 aromatic carbocycles. The van der Waals surface area contributed by atoms with Crippen LogP contribution in [0.5, 0.6) is 0 Å². The van der Waals surface area contributed by atoms with Crippen LogP contribution in [0.25, 0.3) is 0 Å². The summed E-state index contributed by atoms with van der Waals surface area (Å²) in [6, 6.07) is 0.849. The van der Waals surface area contributed by atoms with E-state index in [0.29, 0.717) is 35.3 Å². The number of nitrogens with zero attached hydrogens (tertiary/aromatic N) is 2. The van der Waals surface area contributed by atoms with E-state index in [1.165, 1.54) is 110 Å². The predicted molar refractivity (Wildman–Crippen MR) is 165 cm³/mol. The van der Waals surface area contributed by atoms with Gasteiger partial charge in [0.1, 0.15) is 12.1 Å². The summed E-state index contributed by atoms with van der Waals surface area (Å²) in [6.45, 7) is 13.3. The van der Waals surface area contributed by atoms with Crippen LogP contribution in [0.2, 0.25) is 0 Å². The molecular weight excluding hydrogens is 524 g/mol. The highest BCUT2D eigenvalue weighted by molar-refractivity contribution is 5.66. The molecule has 0 aromatic rings. The van der Waals surface area contributed by atoms with Crippen LogP contribution in [0.4, 0.5) is 0 Å². The maximum Gasteiger partial charge on any atom is 0.303 e. The van der Waals surface area contributed by atoms with Crippen molar-refractivity contribution in [1.82, 2.24) is 0 Å². The second-order valence-electron chi connectivity index (χ2n) is 17.0. The first kappa shape index (κ1) is 30.9. The van der Waals surface area contributed by atoms with Crippen molar-refractivity contribution < 1.29 is 28.0 Å². The lowest BCUT2D eigenvalue weighted by molar-refractivity contribution is -0.943. The van der Waals surface area contributed by atoms with Crippen LogP contribution in [-0.2, 0) is 19.1 Å². The fraction of sp³-hybridized carbons (Fsp3) is 0.944. The van der Waals surface area contributed by atoms with Crippen LogP contribution in [-0.4, -0.2) is 85.5 Å². The van der Waals surface area contributed by atoms with E-state index in [-0.39, 0.29) is 29.6 Å². The molecule has 2 aliphatic heterocycles. The number of esters is 2. The Hall–Kier alpha value is -1.14. The van der Waals surface area contributed by atoms with Crippen LogP contribution in [0, 0.1) is 34.5 Å². The Balaban J connectivity index is 1.29. The summed E-state index contributed by atoms with van der Waals surface area (Å²) in [6.07, 6.45) is 17.7. The van der Waals surface area contributed by atoms with Crippen molar-refractivity contribution in [2.75, 3.05) is 40.3 Å². The fourth-order valence-electron chi connectivity index (χ4n) is 12.6. The molecule has 4 saturated carbocycles. The molecule has 0 radical (unpaired) electrons. The Morgan fingerprint density at radius 3 is 1.83 bits per heavy atom. The van der Waals surface area contributed by atoms with E-state index in [9.17, 15) is 9.59 Å². The summed E-state index contributed by atoms with van der Waals surface area (Å²) in [5.74, 6) is 2.53.